The van der Waals surface area contributed by atoms with Crippen molar-refractivity contribution < 1.29 is 27.4 Å². The quantitative estimate of drug-likeness (QED) is 0.508. The second-order valence-electron chi connectivity index (χ2n) is 7.05. The lowest BCUT2D eigenvalue weighted by atomic mass is 10.1. The van der Waals surface area contributed by atoms with Gasteiger partial charge in [-0.3, -0.25) is 9.69 Å². The van der Waals surface area contributed by atoms with Crippen LogP contribution in [0.1, 0.15) is 5.56 Å². The van der Waals surface area contributed by atoms with Crippen molar-refractivity contribution in [2.24, 2.45) is 0 Å². The van der Waals surface area contributed by atoms with E-state index >= 15 is 0 Å². The van der Waals surface area contributed by atoms with Crippen LogP contribution in [0.2, 0.25) is 0 Å². The first-order valence-corrected chi connectivity index (χ1v) is 10.2. The second kappa shape index (κ2) is 9.52. The molecule has 2 aromatic carbocycles. The number of methoxy groups -OCH3 is 1. The number of halogens is 3. The number of fused-ring (bicyclic) bond motifs is 1. The SMILES string of the molecule is COc1cccc(CC(=O)N(CCN(C)C)c2nc3ccc(OC(F)(F)F)cc3s2)c1. The van der Waals surface area contributed by atoms with E-state index in [9.17, 15) is 18.0 Å². The van der Waals surface area contributed by atoms with Crippen LogP contribution in [0, 0.1) is 0 Å². The molecule has 0 unspecified atom stereocenters. The molecule has 10 heteroatoms. The van der Waals surface area contributed by atoms with E-state index in [1.807, 2.05) is 31.1 Å². The van der Waals surface area contributed by atoms with E-state index in [1.165, 1.54) is 18.2 Å². The zero-order valence-electron chi connectivity index (χ0n) is 17.3. The zero-order chi connectivity index (χ0) is 22.6. The molecule has 3 rings (SSSR count). The zero-order valence-corrected chi connectivity index (χ0v) is 18.1. The summed E-state index contributed by atoms with van der Waals surface area (Å²) in [6.07, 6.45) is -4.63. The topological polar surface area (TPSA) is 54.9 Å². The van der Waals surface area contributed by atoms with Crippen LogP contribution in [0.3, 0.4) is 0 Å². The van der Waals surface area contributed by atoms with Crippen LogP contribution in [0.15, 0.2) is 42.5 Å². The van der Waals surface area contributed by atoms with Crippen molar-refractivity contribution >= 4 is 32.6 Å². The summed E-state index contributed by atoms with van der Waals surface area (Å²) in [7, 11) is 5.34. The lowest BCUT2D eigenvalue weighted by Crippen LogP contribution is -2.37. The number of alkyl halides is 3. The van der Waals surface area contributed by atoms with Crippen LogP contribution in [0.25, 0.3) is 10.2 Å². The van der Waals surface area contributed by atoms with Gasteiger partial charge in [0.1, 0.15) is 11.5 Å². The van der Waals surface area contributed by atoms with Gasteiger partial charge in [0.15, 0.2) is 5.13 Å². The number of hydrogen-bond acceptors (Lipinski definition) is 6. The fourth-order valence-corrected chi connectivity index (χ4v) is 3.92. The highest BCUT2D eigenvalue weighted by atomic mass is 32.1. The second-order valence-corrected chi connectivity index (χ2v) is 8.06. The van der Waals surface area contributed by atoms with E-state index in [1.54, 1.807) is 24.1 Å². The van der Waals surface area contributed by atoms with E-state index in [0.717, 1.165) is 16.9 Å². The summed E-state index contributed by atoms with van der Waals surface area (Å²) in [6.45, 7) is 0.990. The number of benzene rings is 2. The van der Waals surface area contributed by atoms with Gasteiger partial charge in [0.25, 0.3) is 0 Å². The smallest absolute Gasteiger partial charge is 0.497 e. The largest absolute Gasteiger partial charge is 0.573 e. The number of carbonyl (C=O) groups excluding carboxylic acids is 1. The standard InChI is InChI=1S/C21H22F3N3O3S/c1-26(2)9-10-27(19(28)12-14-5-4-6-15(11-14)29-3)20-25-17-8-7-16(13-18(17)31-20)30-21(22,23)24/h4-8,11,13H,9-10,12H2,1-3H3. The maximum Gasteiger partial charge on any atom is 0.573 e. The predicted molar refractivity (Wildman–Crippen MR) is 114 cm³/mol. The Bertz CT molecular complexity index is 1050. The molecule has 166 valence electrons. The Labute approximate surface area is 181 Å². The maximum atomic E-state index is 13.1. The van der Waals surface area contributed by atoms with Crippen molar-refractivity contribution in [2.75, 3.05) is 39.2 Å². The molecule has 6 nitrogen and oxygen atoms in total. The number of rotatable bonds is 8. The number of amides is 1. The normalized spacial score (nSPS) is 11.7. The van der Waals surface area contributed by atoms with Gasteiger partial charge in [-0.05, 0) is 43.9 Å². The van der Waals surface area contributed by atoms with Gasteiger partial charge in [0.2, 0.25) is 5.91 Å². The Hall–Kier alpha value is -2.85. The third-order valence-corrected chi connectivity index (χ3v) is 5.42. The van der Waals surface area contributed by atoms with Crippen LogP contribution < -0.4 is 14.4 Å². The van der Waals surface area contributed by atoms with Gasteiger partial charge in [-0.25, -0.2) is 4.98 Å². The molecule has 0 saturated heterocycles. The number of carbonyl (C=O) groups is 1. The van der Waals surface area contributed by atoms with Gasteiger partial charge < -0.3 is 14.4 Å². The molecule has 0 aliphatic rings. The third-order valence-electron chi connectivity index (χ3n) is 4.37. The first-order chi connectivity index (χ1) is 14.6. The van der Waals surface area contributed by atoms with Gasteiger partial charge in [-0.1, -0.05) is 23.5 Å². The Morgan fingerprint density at radius 2 is 1.87 bits per heavy atom. The lowest BCUT2D eigenvalue weighted by molar-refractivity contribution is -0.274. The Morgan fingerprint density at radius 3 is 2.55 bits per heavy atom. The van der Waals surface area contributed by atoms with E-state index in [-0.39, 0.29) is 18.1 Å². The first kappa shape index (κ1) is 22.8. The van der Waals surface area contributed by atoms with Gasteiger partial charge in [0, 0.05) is 19.2 Å². The van der Waals surface area contributed by atoms with E-state index in [2.05, 4.69) is 9.72 Å². The number of aromatic nitrogens is 1. The molecular formula is C21H22F3N3O3S. The minimum Gasteiger partial charge on any atom is -0.497 e. The fraction of sp³-hybridized carbons (Fsp3) is 0.333. The van der Waals surface area contributed by atoms with Crippen LogP contribution in [0.4, 0.5) is 18.3 Å². The van der Waals surface area contributed by atoms with Crippen molar-refractivity contribution in [3.63, 3.8) is 0 Å². The average molecular weight is 453 g/mol. The Morgan fingerprint density at radius 1 is 1.10 bits per heavy atom. The maximum absolute atomic E-state index is 13.1. The summed E-state index contributed by atoms with van der Waals surface area (Å²) in [6, 6.07) is 11.2. The summed E-state index contributed by atoms with van der Waals surface area (Å²) >= 11 is 1.15. The monoisotopic (exact) mass is 453 g/mol. The van der Waals surface area contributed by atoms with Gasteiger partial charge in [-0.15, -0.1) is 13.2 Å². The highest BCUT2D eigenvalue weighted by molar-refractivity contribution is 7.22. The molecule has 1 aromatic heterocycles. The molecule has 0 N–H and O–H groups in total. The number of nitrogens with zero attached hydrogens (tertiary/aromatic N) is 3. The number of thiazole rings is 1. The minimum absolute atomic E-state index is 0.142. The Kier molecular flexibility index (Phi) is 7.01. The van der Waals surface area contributed by atoms with Gasteiger partial charge >= 0.3 is 6.36 Å². The summed E-state index contributed by atoms with van der Waals surface area (Å²) < 4.78 is 47.3. The molecule has 1 amide bonds. The van der Waals surface area contributed by atoms with E-state index in [4.69, 9.17) is 4.74 Å². The molecule has 0 atom stereocenters. The van der Waals surface area contributed by atoms with Crippen molar-refractivity contribution in [1.82, 2.24) is 9.88 Å². The van der Waals surface area contributed by atoms with Crippen LogP contribution in [-0.2, 0) is 11.2 Å². The minimum atomic E-state index is -4.77. The fourth-order valence-electron chi connectivity index (χ4n) is 2.88. The molecule has 3 aromatic rings. The molecule has 1 heterocycles. The molecule has 0 fully saturated rings. The van der Waals surface area contributed by atoms with Crippen LogP contribution in [-0.4, -0.2) is 56.4 Å². The summed E-state index contributed by atoms with van der Waals surface area (Å²) in [5.41, 5.74) is 1.29. The van der Waals surface area contributed by atoms with Crippen molar-refractivity contribution in [3.8, 4) is 11.5 Å². The summed E-state index contributed by atoms with van der Waals surface area (Å²) in [5.74, 6) is 0.168. The number of likely N-dealkylation sites (N-methyl/N-ethyl adjacent to an activating group) is 1. The van der Waals surface area contributed by atoms with Crippen molar-refractivity contribution in [3.05, 3.63) is 48.0 Å². The Balaban J connectivity index is 1.88. The number of hydrogen-bond donors (Lipinski definition) is 0. The molecule has 0 bridgehead atoms. The van der Waals surface area contributed by atoms with Crippen molar-refractivity contribution in [1.29, 1.82) is 0 Å². The highest BCUT2D eigenvalue weighted by Gasteiger charge is 2.31. The predicted octanol–water partition coefficient (Wildman–Crippen LogP) is 4.34. The lowest BCUT2D eigenvalue weighted by Gasteiger charge is -2.22. The molecule has 31 heavy (non-hydrogen) atoms. The van der Waals surface area contributed by atoms with Gasteiger partial charge in [-0.2, -0.15) is 0 Å². The molecule has 0 aliphatic carbocycles. The summed E-state index contributed by atoms with van der Waals surface area (Å²) in [5, 5.41) is 0.425. The molecule has 0 saturated carbocycles. The number of ether oxygens (including phenoxy) is 2. The van der Waals surface area contributed by atoms with E-state index < -0.39 is 6.36 Å². The third kappa shape index (κ3) is 6.31. The van der Waals surface area contributed by atoms with E-state index in [0.29, 0.717) is 34.2 Å². The molecule has 0 spiro atoms. The molecule has 0 radical (unpaired) electrons. The average Bonchev–Trinajstić information content (AvgIpc) is 3.09. The first-order valence-electron chi connectivity index (χ1n) is 9.39. The van der Waals surface area contributed by atoms with Crippen molar-refractivity contribution in [2.45, 2.75) is 12.8 Å². The highest BCUT2D eigenvalue weighted by Crippen LogP contribution is 2.33. The summed E-state index contributed by atoms with van der Waals surface area (Å²) in [4.78, 5) is 21.1. The van der Waals surface area contributed by atoms with Gasteiger partial charge in [0.05, 0.1) is 23.7 Å². The number of anilines is 1. The van der Waals surface area contributed by atoms with Crippen LogP contribution in [0.5, 0.6) is 11.5 Å². The molecule has 0 aliphatic heterocycles. The van der Waals surface area contributed by atoms with Crippen LogP contribution >= 0.6 is 11.3 Å². The molecular weight excluding hydrogens is 431 g/mol.